The quantitative estimate of drug-likeness (QED) is 0.0655. The van der Waals surface area contributed by atoms with Crippen molar-refractivity contribution in [3.8, 4) is 28.4 Å². The first kappa shape index (κ1) is 46.5. The average molecular weight is 893 g/mol. The fourth-order valence-corrected chi connectivity index (χ4v) is 7.54. The van der Waals surface area contributed by atoms with Crippen LogP contribution < -0.4 is 36.3 Å². The number of ether oxygens (including phenoxy) is 1. The Morgan fingerprint density at radius 1 is 0.597 bits per heavy atom. The summed E-state index contributed by atoms with van der Waals surface area (Å²) in [5, 5.41) is 5.23. The fraction of sp³-hybridized carbons (Fsp3) is 0.209. The lowest BCUT2D eigenvalue weighted by Crippen LogP contribution is -2.45. The Balaban J connectivity index is 0.000000235. The third kappa shape index (κ3) is 11.6. The summed E-state index contributed by atoms with van der Waals surface area (Å²) >= 11 is 0. The molecule has 19 heteroatoms. The monoisotopic (exact) mass is 892 g/mol. The number of sulfonamides is 2. The Kier molecular flexibility index (Phi) is 13.7. The van der Waals surface area contributed by atoms with Gasteiger partial charge in [-0.1, -0.05) is 6.07 Å². The number of rotatable bonds is 13. The van der Waals surface area contributed by atoms with Gasteiger partial charge in [0, 0.05) is 5.69 Å². The number of benzene rings is 4. The van der Waals surface area contributed by atoms with Gasteiger partial charge in [0.2, 0.25) is 11.8 Å². The maximum Gasteiger partial charge on any atom is 0.261 e. The molecule has 4 aromatic carbocycles. The molecule has 0 radical (unpaired) electrons. The molecule has 0 bridgehead atoms. The number of nitrogens with two attached hydrogens (primary N) is 2. The zero-order valence-corrected chi connectivity index (χ0v) is 36.3. The molecule has 0 saturated heterocycles. The second-order valence-corrected chi connectivity index (χ2v) is 18.5. The molecular weight excluding hydrogens is 847 g/mol. The van der Waals surface area contributed by atoms with E-state index in [4.69, 9.17) is 25.0 Å². The molecule has 15 nitrogen and oxygen atoms in total. The standard InChI is InChI=1S/C22H24FN3O5S.C21H22FN3O4S/c1-13-5-9-19(31-13)16-8-7-15(12-17(16)23)32(28,29)26-14-6-10-20(30-4)18(11-14)25-21(27)22(2,3)24;1-13-7-10-19(29-13)17-9-8-16(12-18(17)22)30(27,28)25-15-6-4-5-14(11-15)24-20(26)21(2,3)23/h5-12,26H,24H2,1-4H3,(H,25,27);4-12,25H,23H2,1-3H3,(H,24,26). The highest BCUT2D eigenvalue weighted by atomic mass is 32.2. The van der Waals surface area contributed by atoms with Gasteiger partial charge in [-0.05, 0) is 139 Å². The van der Waals surface area contributed by atoms with E-state index in [1.165, 1.54) is 75.6 Å². The molecule has 328 valence electrons. The van der Waals surface area contributed by atoms with Crippen LogP contribution in [0.5, 0.6) is 5.75 Å². The number of amides is 2. The number of furan rings is 2. The normalized spacial score (nSPS) is 11.9. The predicted molar refractivity (Wildman–Crippen MR) is 233 cm³/mol. The van der Waals surface area contributed by atoms with E-state index in [1.54, 1.807) is 64.1 Å². The van der Waals surface area contributed by atoms with Gasteiger partial charge in [0.25, 0.3) is 20.0 Å². The molecule has 6 aromatic rings. The van der Waals surface area contributed by atoms with Gasteiger partial charge in [0.05, 0.1) is 56.2 Å². The lowest BCUT2D eigenvalue weighted by molar-refractivity contribution is -0.120. The van der Waals surface area contributed by atoms with E-state index < -0.39 is 54.6 Å². The van der Waals surface area contributed by atoms with Crippen LogP contribution in [0, 0.1) is 25.5 Å². The van der Waals surface area contributed by atoms with Crippen molar-refractivity contribution in [3.63, 3.8) is 0 Å². The summed E-state index contributed by atoms with van der Waals surface area (Å²) in [4.78, 5) is 23.7. The third-order valence-electron chi connectivity index (χ3n) is 8.76. The molecule has 0 spiro atoms. The molecule has 0 aliphatic rings. The number of carbonyl (C=O) groups excluding carboxylic acids is 2. The number of carbonyl (C=O) groups is 2. The van der Waals surface area contributed by atoms with Gasteiger partial charge in [-0.3, -0.25) is 19.0 Å². The number of anilines is 4. The van der Waals surface area contributed by atoms with Gasteiger partial charge in [0.1, 0.15) is 40.4 Å². The second-order valence-electron chi connectivity index (χ2n) is 15.2. The molecule has 62 heavy (non-hydrogen) atoms. The van der Waals surface area contributed by atoms with Crippen molar-refractivity contribution in [2.24, 2.45) is 11.5 Å². The molecule has 6 rings (SSSR count). The number of aryl methyl sites for hydroxylation is 2. The molecule has 0 fully saturated rings. The van der Waals surface area contributed by atoms with Gasteiger partial charge in [-0.15, -0.1) is 0 Å². The maximum atomic E-state index is 14.6. The van der Waals surface area contributed by atoms with Gasteiger partial charge < -0.3 is 35.7 Å². The minimum Gasteiger partial charge on any atom is -0.495 e. The minimum absolute atomic E-state index is 0.141. The molecule has 0 atom stereocenters. The lowest BCUT2D eigenvalue weighted by Gasteiger charge is -2.19. The van der Waals surface area contributed by atoms with Gasteiger partial charge in [-0.2, -0.15) is 0 Å². The maximum absolute atomic E-state index is 14.6. The van der Waals surface area contributed by atoms with Crippen LogP contribution in [-0.4, -0.2) is 46.8 Å². The van der Waals surface area contributed by atoms with Crippen LogP contribution >= 0.6 is 0 Å². The third-order valence-corrected chi connectivity index (χ3v) is 11.5. The van der Waals surface area contributed by atoms with Crippen molar-refractivity contribution in [1.29, 1.82) is 0 Å². The number of halogens is 2. The van der Waals surface area contributed by atoms with Crippen molar-refractivity contribution in [1.82, 2.24) is 0 Å². The number of methoxy groups -OCH3 is 1. The topological polar surface area (TPSA) is 238 Å². The largest absolute Gasteiger partial charge is 0.495 e. The van der Waals surface area contributed by atoms with Crippen LogP contribution in [0.2, 0.25) is 0 Å². The summed E-state index contributed by atoms with van der Waals surface area (Å²) in [6.45, 7) is 9.63. The first-order valence-electron chi connectivity index (χ1n) is 18.6. The smallest absolute Gasteiger partial charge is 0.261 e. The molecule has 2 heterocycles. The summed E-state index contributed by atoms with van der Waals surface area (Å²) in [5.74, 6) is -0.215. The first-order valence-corrected chi connectivity index (χ1v) is 21.6. The van der Waals surface area contributed by atoms with E-state index in [0.29, 0.717) is 34.5 Å². The molecular formula is C43H46F2N6O9S2. The summed E-state index contributed by atoms with van der Waals surface area (Å²) in [6.07, 6.45) is 0. The number of hydrogen-bond acceptors (Lipinski definition) is 11. The zero-order valence-electron chi connectivity index (χ0n) is 34.7. The molecule has 0 aliphatic carbocycles. The minimum atomic E-state index is -4.12. The van der Waals surface area contributed by atoms with Crippen molar-refractivity contribution >= 4 is 54.6 Å². The molecule has 0 unspecified atom stereocenters. The average Bonchev–Trinajstić information content (AvgIpc) is 3.81. The first-order chi connectivity index (χ1) is 28.9. The number of nitrogens with one attached hydrogen (secondary N) is 4. The lowest BCUT2D eigenvalue weighted by atomic mass is 10.1. The fourth-order valence-electron chi connectivity index (χ4n) is 5.42. The molecule has 0 aliphatic heterocycles. The molecule has 2 amide bonds. The van der Waals surface area contributed by atoms with E-state index in [1.807, 2.05) is 0 Å². The Morgan fingerprint density at radius 2 is 1.05 bits per heavy atom. The number of hydrogen-bond donors (Lipinski definition) is 6. The Hall–Kier alpha value is -6.54. The summed E-state index contributed by atoms with van der Waals surface area (Å²) in [7, 11) is -6.77. The summed E-state index contributed by atoms with van der Waals surface area (Å²) < 4.78 is 101. The molecule has 8 N–H and O–H groups in total. The second kappa shape index (κ2) is 18.2. The van der Waals surface area contributed by atoms with E-state index in [-0.39, 0.29) is 38.0 Å². The van der Waals surface area contributed by atoms with Crippen molar-refractivity contribution in [2.75, 3.05) is 27.2 Å². The summed E-state index contributed by atoms with van der Waals surface area (Å²) in [5.41, 5.74) is 10.5. The predicted octanol–water partition coefficient (Wildman–Crippen LogP) is 7.75. The molecule has 0 saturated carbocycles. The van der Waals surface area contributed by atoms with E-state index in [0.717, 1.165) is 12.1 Å². The van der Waals surface area contributed by atoms with Crippen LogP contribution in [0.1, 0.15) is 39.2 Å². The van der Waals surface area contributed by atoms with E-state index in [2.05, 4.69) is 20.1 Å². The van der Waals surface area contributed by atoms with Crippen LogP contribution in [0.15, 0.2) is 122 Å². The Morgan fingerprint density at radius 3 is 1.47 bits per heavy atom. The van der Waals surface area contributed by atoms with Gasteiger partial charge in [0.15, 0.2) is 0 Å². The van der Waals surface area contributed by atoms with Crippen molar-refractivity contribution in [2.45, 2.75) is 62.4 Å². The van der Waals surface area contributed by atoms with Gasteiger partial charge in [-0.25, -0.2) is 25.6 Å². The highest BCUT2D eigenvalue weighted by molar-refractivity contribution is 7.93. The molecule has 2 aromatic heterocycles. The highest BCUT2D eigenvalue weighted by Crippen LogP contribution is 2.32. The SMILES string of the molecule is COc1ccc(NS(=O)(=O)c2ccc(-c3ccc(C)o3)c(F)c2)cc1NC(=O)C(C)(C)N.Cc1ccc(-c2ccc(S(=O)(=O)Nc3cccc(NC(=O)C(C)(C)N)c3)cc2F)o1. The van der Waals surface area contributed by atoms with Crippen LogP contribution in [-0.2, 0) is 29.6 Å². The summed E-state index contributed by atoms with van der Waals surface area (Å²) in [6, 6.07) is 24.2. The van der Waals surface area contributed by atoms with Gasteiger partial charge >= 0.3 is 0 Å². The van der Waals surface area contributed by atoms with Crippen LogP contribution in [0.4, 0.5) is 31.5 Å². The van der Waals surface area contributed by atoms with Crippen LogP contribution in [0.25, 0.3) is 22.6 Å². The van der Waals surface area contributed by atoms with Crippen LogP contribution in [0.3, 0.4) is 0 Å². The Bertz CT molecular complexity index is 2850. The zero-order chi connectivity index (χ0) is 45.8. The Labute approximate surface area is 357 Å². The van der Waals surface area contributed by atoms with Crippen molar-refractivity contribution in [3.05, 3.63) is 126 Å². The highest BCUT2D eigenvalue weighted by Gasteiger charge is 2.25. The van der Waals surface area contributed by atoms with E-state index >= 15 is 0 Å². The van der Waals surface area contributed by atoms with Crippen molar-refractivity contribution < 1.29 is 48.8 Å². The van der Waals surface area contributed by atoms with E-state index in [9.17, 15) is 35.2 Å².